The van der Waals surface area contributed by atoms with E-state index >= 15 is 0 Å². The average molecular weight is 240 g/mol. The summed E-state index contributed by atoms with van der Waals surface area (Å²) in [4.78, 5) is 15.4. The van der Waals surface area contributed by atoms with Crippen LogP contribution in [0.2, 0.25) is 5.02 Å². The van der Waals surface area contributed by atoms with Crippen LogP contribution in [0.1, 0.15) is 26.5 Å². The lowest BCUT2D eigenvalue weighted by atomic mass is 10.2. The zero-order valence-electron chi connectivity index (χ0n) is 9.53. The summed E-state index contributed by atoms with van der Waals surface area (Å²) in [5, 5.41) is 0.564. The Labute approximate surface area is 100 Å². The minimum Gasteiger partial charge on any atom is -0.457 e. The minimum atomic E-state index is -0.477. The Morgan fingerprint density at radius 1 is 1.44 bits per heavy atom. The van der Waals surface area contributed by atoms with Gasteiger partial charge in [-0.1, -0.05) is 11.6 Å². The zero-order chi connectivity index (χ0) is 12.2. The van der Waals surface area contributed by atoms with E-state index in [1.54, 1.807) is 18.2 Å². The fourth-order valence-electron chi connectivity index (χ4n) is 0.975. The molecule has 1 heterocycles. The summed E-state index contributed by atoms with van der Waals surface area (Å²) in [6.45, 7) is 5.46. The van der Waals surface area contributed by atoms with Crippen LogP contribution in [0.5, 0.6) is 0 Å². The maximum Gasteiger partial charge on any atom is 0.331 e. The van der Waals surface area contributed by atoms with Crippen LogP contribution < -0.4 is 0 Å². The molecule has 0 aromatic carbocycles. The second-order valence-electron chi connectivity index (χ2n) is 4.27. The highest BCUT2D eigenvalue weighted by atomic mass is 35.5. The zero-order valence-corrected chi connectivity index (χ0v) is 10.3. The molecule has 0 saturated carbocycles. The van der Waals surface area contributed by atoms with Crippen LogP contribution in [0, 0.1) is 0 Å². The van der Waals surface area contributed by atoms with E-state index in [-0.39, 0.29) is 5.97 Å². The van der Waals surface area contributed by atoms with Crippen molar-refractivity contribution >= 4 is 23.6 Å². The summed E-state index contributed by atoms with van der Waals surface area (Å²) in [7, 11) is 0. The minimum absolute atomic E-state index is 0.385. The molecule has 86 valence electrons. The Balaban J connectivity index is 2.60. The Morgan fingerprint density at radius 2 is 2.12 bits per heavy atom. The van der Waals surface area contributed by atoms with Gasteiger partial charge in [0, 0.05) is 12.3 Å². The number of nitrogens with zero attached hydrogens (tertiary/aromatic N) is 1. The van der Waals surface area contributed by atoms with E-state index in [0.717, 1.165) is 0 Å². The van der Waals surface area contributed by atoms with Gasteiger partial charge in [-0.3, -0.25) is 4.98 Å². The first-order valence-corrected chi connectivity index (χ1v) is 5.27. The summed E-state index contributed by atoms with van der Waals surface area (Å²) < 4.78 is 5.10. The number of aromatic nitrogens is 1. The number of rotatable bonds is 2. The van der Waals surface area contributed by atoms with E-state index in [4.69, 9.17) is 16.3 Å². The van der Waals surface area contributed by atoms with Gasteiger partial charge in [0.25, 0.3) is 0 Å². The van der Waals surface area contributed by atoms with Crippen LogP contribution >= 0.6 is 11.6 Å². The molecule has 1 rings (SSSR count). The highest BCUT2D eigenvalue weighted by molar-refractivity contribution is 6.30. The average Bonchev–Trinajstić information content (AvgIpc) is 2.14. The van der Waals surface area contributed by atoms with Crippen molar-refractivity contribution in [3.8, 4) is 0 Å². The number of hydrogen-bond acceptors (Lipinski definition) is 3. The van der Waals surface area contributed by atoms with Gasteiger partial charge in [0.1, 0.15) is 5.60 Å². The Bertz CT molecular complexity index is 390. The van der Waals surface area contributed by atoms with Gasteiger partial charge in [-0.2, -0.15) is 0 Å². The Kier molecular flexibility index (Phi) is 4.07. The first-order chi connectivity index (χ1) is 7.37. The van der Waals surface area contributed by atoms with Gasteiger partial charge >= 0.3 is 5.97 Å². The third kappa shape index (κ3) is 4.94. The van der Waals surface area contributed by atoms with Crippen LogP contribution in [0.3, 0.4) is 0 Å². The van der Waals surface area contributed by atoms with E-state index in [1.165, 1.54) is 12.3 Å². The van der Waals surface area contributed by atoms with Crippen molar-refractivity contribution in [2.24, 2.45) is 0 Å². The third-order valence-corrected chi connectivity index (χ3v) is 1.77. The second kappa shape index (κ2) is 5.12. The lowest BCUT2D eigenvalue weighted by molar-refractivity contribution is -0.148. The van der Waals surface area contributed by atoms with Gasteiger partial charge in [0.2, 0.25) is 0 Å². The van der Waals surface area contributed by atoms with Crippen LogP contribution in [0.4, 0.5) is 0 Å². The summed E-state index contributed by atoms with van der Waals surface area (Å²) in [5.41, 5.74) is 0.185. The fourth-order valence-corrected chi connectivity index (χ4v) is 1.09. The summed E-state index contributed by atoms with van der Waals surface area (Å²) in [5.74, 6) is -0.385. The van der Waals surface area contributed by atoms with E-state index < -0.39 is 5.60 Å². The van der Waals surface area contributed by atoms with Gasteiger partial charge in [-0.05, 0) is 39.0 Å². The largest absolute Gasteiger partial charge is 0.457 e. The quantitative estimate of drug-likeness (QED) is 0.588. The lowest BCUT2D eigenvalue weighted by Crippen LogP contribution is -2.22. The van der Waals surface area contributed by atoms with E-state index in [2.05, 4.69) is 4.98 Å². The highest BCUT2D eigenvalue weighted by Crippen LogP contribution is 2.09. The molecule has 1 aromatic rings. The highest BCUT2D eigenvalue weighted by Gasteiger charge is 2.13. The van der Waals surface area contributed by atoms with Crippen LogP contribution in [0.25, 0.3) is 6.08 Å². The molecule has 0 unspecified atom stereocenters. The van der Waals surface area contributed by atoms with Crippen molar-refractivity contribution in [3.05, 3.63) is 35.1 Å². The van der Waals surface area contributed by atoms with Gasteiger partial charge in [-0.25, -0.2) is 4.79 Å². The van der Waals surface area contributed by atoms with Crippen molar-refractivity contribution in [2.45, 2.75) is 26.4 Å². The van der Waals surface area contributed by atoms with Crippen LogP contribution in [0.15, 0.2) is 24.4 Å². The topological polar surface area (TPSA) is 39.2 Å². The normalized spacial score (nSPS) is 11.8. The molecule has 1 aromatic heterocycles. The van der Waals surface area contributed by atoms with E-state index in [1.807, 2.05) is 20.8 Å². The summed E-state index contributed by atoms with van der Waals surface area (Å²) >= 11 is 5.68. The van der Waals surface area contributed by atoms with Gasteiger partial charge in [0.15, 0.2) is 0 Å². The second-order valence-corrected chi connectivity index (χ2v) is 4.70. The molecular weight excluding hydrogens is 226 g/mol. The molecule has 4 heteroatoms. The molecule has 0 bridgehead atoms. The molecule has 0 aliphatic carbocycles. The van der Waals surface area contributed by atoms with Crippen molar-refractivity contribution in [1.29, 1.82) is 0 Å². The number of carbonyl (C=O) groups is 1. The van der Waals surface area contributed by atoms with Gasteiger partial charge in [0.05, 0.1) is 10.7 Å². The molecule has 0 saturated heterocycles. The number of esters is 1. The molecule has 0 aliphatic heterocycles. The number of carbonyl (C=O) groups excluding carboxylic acids is 1. The monoisotopic (exact) mass is 239 g/mol. The molecule has 3 nitrogen and oxygen atoms in total. The van der Waals surface area contributed by atoms with Crippen molar-refractivity contribution < 1.29 is 9.53 Å². The molecule has 0 amide bonds. The van der Waals surface area contributed by atoms with E-state index in [9.17, 15) is 4.79 Å². The van der Waals surface area contributed by atoms with Crippen LogP contribution in [-0.2, 0) is 9.53 Å². The Hall–Kier alpha value is -1.35. The maximum absolute atomic E-state index is 11.3. The molecule has 0 aliphatic rings. The van der Waals surface area contributed by atoms with Gasteiger partial charge < -0.3 is 4.74 Å². The number of pyridine rings is 1. The van der Waals surface area contributed by atoms with Crippen LogP contribution in [-0.4, -0.2) is 16.6 Å². The van der Waals surface area contributed by atoms with E-state index in [0.29, 0.717) is 10.7 Å². The first kappa shape index (κ1) is 12.7. The standard InChI is InChI=1S/C12H14ClNO2/c1-12(2,3)16-11(15)7-6-10-5-4-9(13)8-14-10/h4-8H,1-3H3. The Morgan fingerprint density at radius 3 is 2.62 bits per heavy atom. The predicted molar refractivity (Wildman–Crippen MR) is 64.1 cm³/mol. The van der Waals surface area contributed by atoms with Gasteiger partial charge in [-0.15, -0.1) is 0 Å². The SMILES string of the molecule is CC(C)(C)OC(=O)C=Cc1ccc(Cl)cn1. The maximum atomic E-state index is 11.3. The van der Waals surface area contributed by atoms with Crippen molar-refractivity contribution in [2.75, 3.05) is 0 Å². The predicted octanol–water partition coefficient (Wildman–Crippen LogP) is 3.09. The summed E-state index contributed by atoms with van der Waals surface area (Å²) in [6.07, 6.45) is 4.46. The van der Waals surface area contributed by atoms with Crippen molar-refractivity contribution in [1.82, 2.24) is 4.98 Å². The fraction of sp³-hybridized carbons (Fsp3) is 0.333. The molecular formula is C12H14ClNO2. The molecule has 0 radical (unpaired) electrons. The number of halogens is 1. The smallest absolute Gasteiger partial charge is 0.331 e. The number of hydrogen-bond donors (Lipinski definition) is 0. The molecule has 0 N–H and O–H groups in total. The number of ether oxygens (including phenoxy) is 1. The lowest BCUT2D eigenvalue weighted by Gasteiger charge is -2.17. The third-order valence-electron chi connectivity index (χ3n) is 1.55. The molecule has 16 heavy (non-hydrogen) atoms. The first-order valence-electron chi connectivity index (χ1n) is 4.89. The summed E-state index contributed by atoms with van der Waals surface area (Å²) in [6, 6.07) is 3.44. The van der Waals surface area contributed by atoms with Crippen molar-refractivity contribution in [3.63, 3.8) is 0 Å². The molecule has 0 fully saturated rings. The molecule has 0 spiro atoms. The molecule has 0 atom stereocenters.